The first kappa shape index (κ1) is 36.0. The maximum atomic E-state index is 12.6. The van der Waals surface area contributed by atoms with Gasteiger partial charge in [-0.1, -0.05) is 90.9 Å². The first-order chi connectivity index (χ1) is 17.9. The monoisotopic (exact) mass is 588 g/mol. The summed E-state index contributed by atoms with van der Waals surface area (Å²) in [5, 5.41) is 44.0. The molecule has 1 atom stereocenters. The van der Waals surface area contributed by atoms with Gasteiger partial charge in [-0.2, -0.15) is 0 Å². The first-order valence-electron chi connectivity index (χ1n) is 12.7. The molecule has 0 bridgehead atoms. The third-order valence-electron chi connectivity index (χ3n) is 6.87. The Morgan fingerprint density at radius 2 is 1.10 bits per heavy atom. The van der Waals surface area contributed by atoms with Gasteiger partial charge in [0.25, 0.3) is 0 Å². The number of hydrogen-bond donors (Lipinski definition) is 8. The van der Waals surface area contributed by atoms with Crippen LogP contribution in [-0.2, 0) is 33.6 Å². The van der Waals surface area contributed by atoms with Crippen molar-refractivity contribution in [2.75, 3.05) is 19.8 Å². The third-order valence-corrected chi connectivity index (χ3v) is 8.04. The summed E-state index contributed by atoms with van der Waals surface area (Å²) in [6, 6.07) is 13.9. The second-order valence-corrected chi connectivity index (χ2v) is 13.4. The fourth-order valence-electron chi connectivity index (χ4n) is 4.57. The van der Waals surface area contributed by atoms with Crippen LogP contribution in [0, 0.1) is 5.41 Å². The number of benzene rings is 2. The van der Waals surface area contributed by atoms with E-state index < -0.39 is 48.0 Å². The van der Waals surface area contributed by atoms with Gasteiger partial charge in [-0.05, 0) is 45.1 Å². The van der Waals surface area contributed by atoms with Crippen molar-refractivity contribution in [1.82, 2.24) is 0 Å². The van der Waals surface area contributed by atoms with E-state index in [-0.39, 0.29) is 17.3 Å². The van der Waals surface area contributed by atoms with E-state index in [2.05, 4.69) is 64.9 Å². The molecule has 2 rings (SSSR count). The zero-order valence-corrected chi connectivity index (χ0v) is 25.7. The predicted octanol–water partition coefficient (Wildman–Crippen LogP) is 3.66. The normalized spacial score (nSPS) is 14.3. The van der Waals surface area contributed by atoms with E-state index in [1.54, 1.807) is 0 Å². The lowest BCUT2D eigenvalue weighted by Gasteiger charge is -2.49. The standard InChI is InChI=1S/C28H42O4.H4O5P2/c1-8-20-14-22(25(2,3)4)24(23(15-20)26(5,6)7)28(32,27(17-29,18-30)19-31)16-21-12-10-9-11-13-21;1-6(2)5-7(3)4/h9-15,29-32H,8,16-19H2,1-7H3;1-4H. The van der Waals surface area contributed by atoms with Crippen LogP contribution in [0.25, 0.3) is 0 Å². The highest BCUT2D eigenvalue weighted by Crippen LogP contribution is 2.50. The summed E-state index contributed by atoms with van der Waals surface area (Å²) in [5.74, 6) is 0. The molecule has 222 valence electrons. The molecule has 0 aliphatic heterocycles. The maximum absolute atomic E-state index is 12.6. The zero-order chi connectivity index (χ0) is 30.2. The van der Waals surface area contributed by atoms with Crippen molar-refractivity contribution >= 4 is 17.2 Å². The Hall–Kier alpha value is -1.06. The van der Waals surface area contributed by atoms with Gasteiger partial charge in [0, 0.05) is 6.42 Å². The van der Waals surface area contributed by atoms with Crippen LogP contribution in [0.2, 0.25) is 0 Å². The van der Waals surface area contributed by atoms with Gasteiger partial charge in [0.2, 0.25) is 0 Å². The summed E-state index contributed by atoms with van der Waals surface area (Å²) in [7, 11) is -5.22. The summed E-state index contributed by atoms with van der Waals surface area (Å²) >= 11 is 0. The Kier molecular flexibility index (Phi) is 13.6. The molecule has 11 heteroatoms. The smallest absolute Gasteiger partial charge is 0.334 e. The van der Waals surface area contributed by atoms with Crippen molar-refractivity contribution in [2.24, 2.45) is 5.41 Å². The molecule has 0 spiro atoms. The molecule has 0 aliphatic rings. The molecule has 39 heavy (non-hydrogen) atoms. The fourth-order valence-corrected chi connectivity index (χ4v) is 5.10. The molecule has 0 aliphatic carbocycles. The van der Waals surface area contributed by atoms with Crippen LogP contribution in [0.3, 0.4) is 0 Å². The topological polar surface area (TPSA) is 171 Å². The molecule has 0 fully saturated rings. The predicted molar refractivity (Wildman–Crippen MR) is 155 cm³/mol. The Morgan fingerprint density at radius 3 is 1.38 bits per heavy atom. The average molecular weight is 589 g/mol. The van der Waals surface area contributed by atoms with Crippen LogP contribution in [-0.4, -0.2) is 59.8 Å². The molecule has 1 unspecified atom stereocenters. The largest absolute Gasteiger partial charge is 0.395 e. The molecule has 2 aromatic rings. The van der Waals surface area contributed by atoms with Crippen LogP contribution in [0.1, 0.15) is 76.3 Å². The average Bonchev–Trinajstić information content (AvgIpc) is 2.83. The van der Waals surface area contributed by atoms with Crippen molar-refractivity contribution in [3.8, 4) is 0 Å². The Bertz CT molecular complexity index is 965. The van der Waals surface area contributed by atoms with Gasteiger partial charge in [0.15, 0.2) is 0 Å². The van der Waals surface area contributed by atoms with Gasteiger partial charge in [-0.15, -0.1) is 0 Å². The van der Waals surface area contributed by atoms with Gasteiger partial charge in [0.05, 0.1) is 25.2 Å². The molecule has 0 saturated carbocycles. The van der Waals surface area contributed by atoms with Gasteiger partial charge < -0.3 is 40.0 Å². The minimum absolute atomic E-state index is 0.160. The second kappa shape index (κ2) is 14.7. The molecule has 0 amide bonds. The molecule has 0 heterocycles. The minimum Gasteiger partial charge on any atom is -0.395 e. The maximum Gasteiger partial charge on any atom is 0.334 e. The molecule has 2 aromatic carbocycles. The quantitative estimate of drug-likeness (QED) is 0.193. The summed E-state index contributed by atoms with van der Waals surface area (Å²) in [4.78, 5) is 31.3. The minimum atomic E-state index is -2.61. The summed E-state index contributed by atoms with van der Waals surface area (Å²) < 4.78 is 3.60. The van der Waals surface area contributed by atoms with Crippen LogP contribution >= 0.6 is 17.2 Å². The van der Waals surface area contributed by atoms with E-state index >= 15 is 0 Å². The molecule has 0 radical (unpaired) electrons. The van der Waals surface area contributed by atoms with Crippen molar-refractivity contribution in [1.29, 1.82) is 0 Å². The SMILES string of the molecule is CCc1cc(C(C)(C)C)c(C(O)(Cc2ccccc2)C(CO)(CO)CO)c(C(C)(C)C)c1.OP(O)OP(O)O. The molecule has 9 nitrogen and oxygen atoms in total. The van der Waals surface area contributed by atoms with E-state index in [4.69, 9.17) is 19.6 Å². The van der Waals surface area contributed by atoms with Gasteiger partial charge >= 0.3 is 17.2 Å². The van der Waals surface area contributed by atoms with Crippen molar-refractivity contribution in [3.05, 3.63) is 70.3 Å². The number of aliphatic hydroxyl groups is 4. The zero-order valence-electron chi connectivity index (χ0n) is 24.0. The third kappa shape index (κ3) is 9.22. The number of aliphatic hydroxyl groups excluding tert-OH is 3. The van der Waals surface area contributed by atoms with Crippen LogP contribution in [0.5, 0.6) is 0 Å². The highest BCUT2D eigenvalue weighted by atomic mass is 31.2. The van der Waals surface area contributed by atoms with Crippen LogP contribution in [0.4, 0.5) is 0 Å². The number of hydrogen-bond acceptors (Lipinski definition) is 9. The lowest BCUT2D eigenvalue weighted by Crippen LogP contribution is -2.56. The Labute approximate surface area is 234 Å². The Balaban J connectivity index is 0.000000956. The molecular formula is C28H46O9P2. The van der Waals surface area contributed by atoms with Crippen molar-refractivity contribution < 1.29 is 44.3 Å². The van der Waals surface area contributed by atoms with Gasteiger partial charge in [0.1, 0.15) is 5.60 Å². The molecule has 8 N–H and O–H groups in total. The van der Waals surface area contributed by atoms with E-state index in [1.807, 2.05) is 30.3 Å². The van der Waals surface area contributed by atoms with Gasteiger partial charge in [-0.3, -0.25) is 0 Å². The highest BCUT2D eigenvalue weighted by Gasteiger charge is 2.54. The van der Waals surface area contributed by atoms with E-state index in [0.717, 1.165) is 23.1 Å². The van der Waals surface area contributed by atoms with Crippen LogP contribution < -0.4 is 0 Å². The molecular weight excluding hydrogens is 542 g/mol. The van der Waals surface area contributed by atoms with E-state index in [0.29, 0.717) is 5.56 Å². The van der Waals surface area contributed by atoms with E-state index in [1.165, 1.54) is 5.56 Å². The highest BCUT2D eigenvalue weighted by molar-refractivity contribution is 7.53. The summed E-state index contributed by atoms with van der Waals surface area (Å²) in [5.41, 5.74) is 0.841. The summed E-state index contributed by atoms with van der Waals surface area (Å²) in [6.45, 7) is 13.1. The molecule has 0 aromatic heterocycles. The van der Waals surface area contributed by atoms with Gasteiger partial charge in [-0.25, -0.2) is 4.31 Å². The van der Waals surface area contributed by atoms with Crippen molar-refractivity contribution in [2.45, 2.75) is 77.7 Å². The first-order valence-corrected chi connectivity index (χ1v) is 15.1. The number of aryl methyl sites for hydroxylation is 1. The lowest BCUT2D eigenvalue weighted by molar-refractivity contribution is -0.160. The van der Waals surface area contributed by atoms with Crippen molar-refractivity contribution in [3.63, 3.8) is 0 Å². The number of rotatable bonds is 10. The second-order valence-electron chi connectivity index (χ2n) is 11.8. The van der Waals surface area contributed by atoms with Crippen LogP contribution in [0.15, 0.2) is 42.5 Å². The lowest BCUT2D eigenvalue weighted by atomic mass is 9.60. The summed E-state index contributed by atoms with van der Waals surface area (Å²) in [6.07, 6.45) is 1.02. The molecule has 0 saturated heterocycles. The fraction of sp³-hybridized carbons (Fsp3) is 0.571. The van der Waals surface area contributed by atoms with E-state index in [9.17, 15) is 20.4 Å². The Morgan fingerprint density at radius 1 is 0.692 bits per heavy atom.